The molecule has 0 aromatic carbocycles. The van der Waals surface area contributed by atoms with Crippen LogP contribution in [0.15, 0.2) is 12.2 Å². The van der Waals surface area contributed by atoms with Gasteiger partial charge in [0.1, 0.15) is 0 Å². The summed E-state index contributed by atoms with van der Waals surface area (Å²) in [7, 11) is -3.82. The first-order chi connectivity index (χ1) is 3.42. The Labute approximate surface area is 54.3 Å². The Kier molecular flexibility index (Phi) is 4.57. The van der Waals surface area contributed by atoms with Gasteiger partial charge in [-0.05, 0) is 6.92 Å². The SMILES string of the molecule is C=C(C)CS(=O)(=O)O.O. The van der Waals surface area contributed by atoms with Gasteiger partial charge < -0.3 is 5.48 Å². The van der Waals surface area contributed by atoms with Crippen LogP contribution < -0.4 is 0 Å². The fourth-order valence-corrected chi connectivity index (χ4v) is 0.934. The summed E-state index contributed by atoms with van der Waals surface area (Å²) in [5.74, 6) is -0.340. The molecule has 9 heavy (non-hydrogen) atoms. The van der Waals surface area contributed by atoms with Crippen LogP contribution >= 0.6 is 0 Å². The highest BCUT2D eigenvalue weighted by molar-refractivity contribution is 7.85. The molecule has 4 nitrogen and oxygen atoms in total. The largest absolute Gasteiger partial charge is 0.412 e. The lowest BCUT2D eigenvalue weighted by atomic mass is 10.4. The van der Waals surface area contributed by atoms with Crippen molar-refractivity contribution in [3.8, 4) is 0 Å². The van der Waals surface area contributed by atoms with E-state index in [1.807, 2.05) is 0 Å². The molecule has 0 unspecified atom stereocenters. The lowest BCUT2D eigenvalue weighted by Gasteiger charge is -1.90. The maximum atomic E-state index is 9.94. The number of hydrogen-bond donors (Lipinski definition) is 1. The van der Waals surface area contributed by atoms with Crippen molar-refractivity contribution >= 4 is 10.1 Å². The molecule has 3 N–H and O–H groups in total. The lowest BCUT2D eigenvalue weighted by molar-refractivity contribution is 0.486. The monoisotopic (exact) mass is 154 g/mol. The molecule has 0 rings (SSSR count). The predicted octanol–water partition coefficient (Wildman–Crippen LogP) is -0.374. The van der Waals surface area contributed by atoms with Gasteiger partial charge in [-0.25, -0.2) is 0 Å². The number of hydrogen-bond acceptors (Lipinski definition) is 2. The van der Waals surface area contributed by atoms with E-state index in [4.69, 9.17) is 4.55 Å². The third-order valence-corrected chi connectivity index (χ3v) is 1.29. The van der Waals surface area contributed by atoms with Crippen molar-refractivity contribution in [2.45, 2.75) is 6.92 Å². The Morgan fingerprint density at radius 2 is 2.00 bits per heavy atom. The Balaban J connectivity index is 0. The first-order valence-corrected chi connectivity index (χ1v) is 3.62. The van der Waals surface area contributed by atoms with Gasteiger partial charge in [-0.3, -0.25) is 4.55 Å². The van der Waals surface area contributed by atoms with Crippen LogP contribution in [0.4, 0.5) is 0 Å². The standard InChI is InChI=1S/C4H8O3S.H2O/c1-4(2)3-8(5,6)7;/h1,3H2,2H3,(H,5,6,7);1H2. The van der Waals surface area contributed by atoms with Crippen LogP contribution in [0, 0.1) is 0 Å². The molecule has 0 saturated carbocycles. The first-order valence-electron chi connectivity index (χ1n) is 2.01. The molecule has 0 radical (unpaired) electrons. The summed E-state index contributed by atoms with van der Waals surface area (Å²) >= 11 is 0. The second kappa shape index (κ2) is 3.60. The van der Waals surface area contributed by atoms with Crippen LogP contribution in [0.25, 0.3) is 0 Å². The summed E-state index contributed by atoms with van der Waals surface area (Å²) in [5.41, 5.74) is 0.438. The Morgan fingerprint density at radius 3 is 2.00 bits per heavy atom. The molecule has 56 valence electrons. The second-order valence-electron chi connectivity index (χ2n) is 1.68. The average Bonchev–Trinajstić information content (AvgIpc) is 1.21. The molecule has 0 aromatic heterocycles. The van der Waals surface area contributed by atoms with Crippen LogP contribution in [-0.4, -0.2) is 24.2 Å². The number of rotatable bonds is 2. The predicted molar refractivity (Wildman–Crippen MR) is 34.8 cm³/mol. The molecule has 0 aliphatic carbocycles. The Hall–Kier alpha value is -0.390. The molecule has 0 saturated heterocycles. The molecule has 0 bridgehead atoms. The minimum atomic E-state index is -3.82. The van der Waals surface area contributed by atoms with Crippen molar-refractivity contribution in [1.82, 2.24) is 0 Å². The van der Waals surface area contributed by atoms with Crippen LogP contribution in [0.3, 0.4) is 0 Å². The van der Waals surface area contributed by atoms with E-state index in [1.165, 1.54) is 6.92 Å². The summed E-state index contributed by atoms with van der Waals surface area (Å²) in [4.78, 5) is 0. The van der Waals surface area contributed by atoms with Crippen LogP contribution in [0.2, 0.25) is 0 Å². The molecule has 0 amide bonds. The molecule has 0 aromatic rings. The van der Waals surface area contributed by atoms with Crippen molar-refractivity contribution in [1.29, 1.82) is 0 Å². The molecule has 5 heteroatoms. The van der Waals surface area contributed by atoms with E-state index in [1.54, 1.807) is 0 Å². The quantitative estimate of drug-likeness (QED) is 0.434. The molecule has 0 spiro atoms. The normalized spacial score (nSPS) is 10.0. The zero-order chi connectivity index (χ0) is 6.78. The van der Waals surface area contributed by atoms with Crippen molar-refractivity contribution in [2.24, 2.45) is 0 Å². The van der Waals surface area contributed by atoms with E-state index >= 15 is 0 Å². The van der Waals surface area contributed by atoms with E-state index < -0.39 is 10.1 Å². The fraction of sp³-hybridized carbons (Fsp3) is 0.500. The van der Waals surface area contributed by atoms with Gasteiger partial charge in [0.15, 0.2) is 0 Å². The first kappa shape index (κ1) is 11.4. The molecular formula is C4H10O4S. The van der Waals surface area contributed by atoms with E-state index in [2.05, 4.69) is 6.58 Å². The molecule has 0 fully saturated rings. The zero-order valence-corrected chi connectivity index (χ0v) is 5.90. The van der Waals surface area contributed by atoms with Gasteiger partial charge in [0.2, 0.25) is 0 Å². The third-order valence-electron chi connectivity index (χ3n) is 0.429. The smallest absolute Gasteiger partial charge is 0.268 e. The van der Waals surface area contributed by atoms with Gasteiger partial charge >= 0.3 is 0 Å². The van der Waals surface area contributed by atoms with Crippen LogP contribution in [0.5, 0.6) is 0 Å². The second-order valence-corrected chi connectivity index (χ2v) is 3.14. The Bertz CT molecular complexity index is 179. The van der Waals surface area contributed by atoms with Gasteiger partial charge in [0, 0.05) is 0 Å². The molecule has 0 aliphatic rings. The van der Waals surface area contributed by atoms with Gasteiger partial charge in [0.25, 0.3) is 10.1 Å². The highest BCUT2D eigenvalue weighted by atomic mass is 32.2. The van der Waals surface area contributed by atoms with E-state index in [0.29, 0.717) is 5.57 Å². The van der Waals surface area contributed by atoms with E-state index in [0.717, 1.165) is 0 Å². The van der Waals surface area contributed by atoms with Crippen molar-refractivity contribution < 1.29 is 18.4 Å². The summed E-state index contributed by atoms with van der Waals surface area (Å²) in [5, 5.41) is 0. The topological polar surface area (TPSA) is 85.9 Å². The van der Waals surface area contributed by atoms with E-state index in [-0.39, 0.29) is 11.2 Å². The fourth-order valence-electron chi connectivity index (χ4n) is 0.311. The maximum Gasteiger partial charge on any atom is 0.268 e. The average molecular weight is 154 g/mol. The lowest BCUT2D eigenvalue weighted by Crippen LogP contribution is -2.03. The molecule has 0 heterocycles. The molecular weight excluding hydrogens is 144 g/mol. The molecule has 0 atom stereocenters. The summed E-state index contributed by atoms with van der Waals surface area (Å²) < 4.78 is 28.0. The highest BCUT2D eigenvalue weighted by Crippen LogP contribution is 1.91. The van der Waals surface area contributed by atoms with Crippen molar-refractivity contribution in [3.05, 3.63) is 12.2 Å². The summed E-state index contributed by atoms with van der Waals surface area (Å²) in [6.07, 6.45) is 0. The molecule has 0 aliphatic heterocycles. The van der Waals surface area contributed by atoms with Gasteiger partial charge in [-0.1, -0.05) is 12.2 Å². The van der Waals surface area contributed by atoms with Crippen LogP contribution in [-0.2, 0) is 10.1 Å². The van der Waals surface area contributed by atoms with Crippen LogP contribution in [0.1, 0.15) is 6.92 Å². The van der Waals surface area contributed by atoms with Crippen molar-refractivity contribution in [3.63, 3.8) is 0 Å². The summed E-state index contributed by atoms with van der Waals surface area (Å²) in [6.45, 7) is 4.84. The minimum absolute atomic E-state index is 0. The van der Waals surface area contributed by atoms with Crippen molar-refractivity contribution in [2.75, 3.05) is 5.75 Å². The van der Waals surface area contributed by atoms with Gasteiger partial charge in [0.05, 0.1) is 5.75 Å². The van der Waals surface area contributed by atoms with Gasteiger partial charge in [-0.15, -0.1) is 0 Å². The highest BCUT2D eigenvalue weighted by Gasteiger charge is 2.01. The van der Waals surface area contributed by atoms with Gasteiger partial charge in [-0.2, -0.15) is 8.42 Å². The zero-order valence-electron chi connectivity index (χ0n) is 5.09. The third kappa shape index (κ3) is 11.3. The van der Waals surface area contributed by atoms with E-state index in [9.17, 15) is 8.42 Å². The summed E-state index contributed by atoms with van der Waals surface area (Å²) in [6, 6.07) is 0. The minimum Gasteiger partial charge on any atom is -0.412 e. The Morgan fingerprint density at radius 1 is 1.67 bits per heavy atom. The maximum absolute atomic E-state index is 9.94.